The molecule has 2 rings (SSSR count). The van der Waals surface area contributed by atoms with Gasteiger partial charge < -0.3 is 15.8 Å². The summed E-state index contributed by atoms with van der Waals surface area (Å²) in [6.07, 6.45) is 1.50. The van der Waals surface area contributed by atoms with E-state index < -0.39 is 0 Å². The zero-order valence-electron chi connectivity index (χ0n) is 12.6. The second kappa shape index (κ2) is 8.24. The molecule has 3 N–H and O–H groups in total. The molecule has 6 heteroatoms. The fourth-order valence-corrected chi connectivity index (χ4v) is 1.77. The summed E-state index contributed by atoms with van der Waals surface area (Å²) in [7, 11) is 0. The lowest BCUT2D eigenvalue weighted by molar-refractivity contribution is -0.118. The van der Waals surface area contributed by atoms with Crippen molar-refractivity contribution in [2.75, 3.05) is 17.7 Å². The minimum atomic E-state index is -0.241. The van der Waals surface area contributed by atoms with E-state index in [4.69, 9.17) is 10.5 Å². The highest BCUT2D eigenvalue weighted by Gasteiger charge is 2.05. The van der Waals surface area contributed by atoms with E-state index in [-0.39, 0.29) is 24.9 Å². The Morgan fingerprint density at radius 2 is 1.91 bits per heavy atom. The summed E-state index contributed by atoms with van der Waals surface area (Å²) in [6.45, 7) is 4.21. The van der Waals surface area contributed by atoms with Crippen molar-refractivity contribution in [2.24, 2.45) is 0 Å². The molecule has 0 unspecified atom stereocenters. The van der Waals surface area contributed by atoms with Crippen LogP contribution in [0.1, 0.15) is 25.3 Å². The second-order valence-corrected chi connectivity index (χ2v) is 5.03. The first-order valence-electron chi connectivity index (χ1n) is 6.79. The number of carbonyl (C=O) groups is 1. The smallest absolute Gasteiger partial charge is 0.262 e. The summed E-state index contributed by atoms with van der Waals surface area (Å²) >= 11 is 0. The molecule has 1 heterocycles. The maximum atomic E-state index is 11.8. The van der Waals surface area contributed by atoms with Crippen LogP contribution >= 0.6 is 12.4 Å². The minimum Gasteiger partial charge on any atom is -0.484 e. The lowest BCUT2D eigenvalue weighted by Crippen LogP contribution is -2.20. The molecule has 0 bridgehead atoms. The van der Waals surface area contributed by atoms with Gasteiger partial charge in [0.15, 0.2) is 6.61 Å². The van der Waals surface area contributed by atoms with E-state index in [0.29, 0.717) is 23.2 Å². The summed E-state index contributed by atoms with van der Waals surface area (Å²) < 4.78 is 5.44. The number of rotatable bonds is 5. The minimum absolute atomic E-state index is 0. The van der Waals surface area contributed by atoms with Crippen molar-refractivity contribution in [3.05, 3.63) is 48.2 Å². The van der Waals surface area contributed by atoms with Crippen LogP contribution in [0, 0.1) is 0 Å². The summed E-state index contributed by atoms with van der Waals surface area (Å²) in [5.41, 5.74) is 7.30. The molecular formula is C16H20ClN3O2. The van der Waals surface area contributed by atoms with Crippen LogP contribution in [0.25, 0.3) is 0 Å². The summed E-state index contributed by atoms with van der Waals surface area (Å²) in [6, 6.07) is 11.1. The number of hydrogen-bond donors (Lipinski definition) is 2. The first-order chi connectivity index (χ1) is 10.0. The number of pyridine rings is 1. The number of nitrogens with zero attached hydrogens (tertiary/aromatic N) is 1. The van der Waals surface area contributed by atoms with Gasteiger partial charge in [-0.1, -0.05) is 26.0 Å². The first-order valence-corrected chi connectivity index (χ1v) is 6.79. The van der Waals surface area contributed by atoms with E-state index in [1.165, 1.54) is 11.8 Å². The van der Waals surface area contributed by atoms with Crippen molar-refractivity contribution in [3.8, 4) is 5.75 Å². The quantitative estimate of drug-likeness (QED) is 0.886. The number of nitrogens with one attached hydrogen (secondary N) is 1. The van der Waals surface area contributed by atoms with Gasteiger partial charge in [-0.05, 0) is 35.7 Å². The number of nitrogen functional groups attached to an aromatic ring is 1. The van der Waals surface area contributed by atoms with Crippen LogP contribution in [-0.4, -0.2) is 17.5 Å². The summed E-state index contributed by atoms with van der Waals surface area (Å²) in [5.74, 6) is 1.31. The highest BCUT2D eigenvalue weighted by molar-refractivity contribution is 5.91. The van der Waals surface area contributed by atoms with Gasteiger partial charge in [0.25, 0.3) is 5.91 Å². The molecule has 0 fully saturated rings. The maximum absolute atomic E-state index is 11.8. The third-order valence-corrected chi connectivity index (χ3v) is 2.99. The molecule has 0 spiro atoms. The van der Waals surface area contributed by atoms with E-state index in [1.807, 2.05) is 24.3 Å². The second-order valence-electron chi connectivity index (χ2n) is 5.03. The normalized spacial score (nSPS) is 9.95. The Labute approximate surface area is 136 Å². The highest BCUT2D eigenvalue weighted by atomic mass is 35.5. The van der Waals surface area contributed by atoms with Gasteiger partial charge in [0.1, 0.15) is 11.6 Å². The third-order valence-electron chi connectivity index (χ3n) is 2.99. The lowest BCUT2D eigenvalue weighted by atomic mass is 10.0. The van der Waals surface area contributed by atoms with Crippen LogP contribution in [-0.2, 0) is 4.79 Å². The monoisotopic (exact) mass is 321 g/mol. The predicted molar refractivity (Wildman–Crippen MR) is 90.6 cm³/mol. The SMILES string of the molecule is CC(C)c1ccc(OCC(=O)Nc2ccc(N)nc2)cc1.Cl. The van der Waals surface area contributed by atoms with Crippen LogP contribution in [0.3, 0.4) is 0 Å². The van der Waals surface area contributed by atoms with Crippen LogP contribution in [0.5, 0.6) is 5.75 Å². The number of hydrogen-bond acceptors (Lipinski definition) is 4. The number of nitrogens with two attached hydrogens (primary N) is 1. The Kier molecular flexibility index (Phi) is 6.66. The Morgan fingerprint density at radius 3 is 2.45 bits per heavy atom. The van der Waals surface area contributed by atoms with Crippen molar-refractivity contribution in [1.29, 1.82) is 0 Å². The van der Waals surface area contributed by atoms with Gasteiger partial charge in [-0.15, -0.1) is 12.4 Å². The number of aromatic nitrogens is 1. The molecule has 5 nitrogen and oxygen atoms in total. The molecular weight excluding hydrogens is 302 g/mol. The van der Waals surface area contributed by atoms with Gasteiger partial charge in [0.05, 0.1) is 11.9 Å². The van der Waals surface area contributed by atoms with E-state index in [2.05, 4.69) is 24.1 Å². The summed E-state index contributed by atoms with van der Waals surface area (Å²) in [5, 5.41) is 2.69. The van der Waals surface area contributed by atoms with Crippen LogP contribution in [0.2, 0.25) is 0 Å². The third kappa shape index (κ3) is 5.26. The molecule has 22 heavy (non-hydrogen) atoms. The van der Waals surface area contributed by atoms with Crippen molar-refractivity contribution in [1.82, 2.24) is 4.98 Å². The average Bonchev–Trinajstić information content (AvgIpc) is 2.48. The Bertz CT molecular complexity index is 598. The lowest BCUT2D eigenvalue weighted by Gasteiger charge is -2.09. The van der Waals surface area contributed by atoms with Gasteiger partial charge in [-0.2, -0.15) is 0 Å². The van der Waals surface area contributed by atoms with Gasteiger partial charge in [-0.3, -0.25) is 4.79 Å². The van der Waals surface area contributed by atoms with E-state index in [1.54, 1.807) is 12.1 Å². The first kappa shape index (κ1) is 17.8. The molecule has 1 aromatic carbocycles. The Hall–Kier alpha value is -2.27. The average molecular weight is 322 g/mol. The molecule has 0 saturated heterocycles. The fraction of sp³-hybridized carbons (Fsp3) is 0.250. The largest absolute Gasteiger partial charge is 0.484 e. The standard InChI is InChI=1S/C16H19N3O2.ClH/c1-11(2)12-3-6-14(7-4-12)21-10-16(20)19-13-5-8-15(17)18-9-13;/h3-9,11H,10H2,1-2H3,(H2,17,18)(H,19,20);1H. The number of ether oxygens (including phenoxy) is 1. The Balaban J connectivity index is 0.00000242. The number of carbonyl (C=O) groups excluding carboxylic acids is 1. The molecule has 1 aromatic heterocycles. The molecule has 2 aromatic rings. The van der Waals surface area contributed by atoms with Crippen LogP contribution < -0.4 is 15.8 Å². The van der Waals surface area contributed by atoms with Crippen molar-refractivity contribution >= 4 is 29.8 Å². The molecule has 118 valence electrons. The number of amides is 1. The van der Waals surface area contributed by atoms with E-state index in [9.17, 15) is 4.79 Å². The fourth-order valence-electron chi connectivity index (χ4n) is 1.77. The Morgan fingerprint density at radius 1 is 1.23 bits per heavy atom. The molecule has 1 amide bonds. The number of anilines is 2. The molecule has 0 radical (unpaired) electrons. The molecule has 0 saturated carbocycles. The number of halogens is 1. The molecule has 0 aliphatic rings. The van der Waals surface area contributed by atoms with E-state index >= 15 is 0 Å². The van der Waals surface area contributed by atoms with Gasteiger partial charge in [0.2, 0.25) is 0 Å². The van der Waals surface area contributed by atoms with Crippen LogP contribution in [0.4, 0.5) is 11.5 Å². The predicted octanol–water partition coefficient (Wildman–Crippen LogP) is 3.23. The zero-order valence-corrected chi connectivity index (χ0v) is 13.4. The molecule has 0 aliphatic heterocycles. The van der Waals surface area contributed by atoms with Crippen molar-refractivity contribution < 1.29 is 9.53 Å². The van der Waals surface area contributed by atoms with Crippen molar-refractivity contribution in [3.63, 3.8) is 0 Å². The topological polar surface area (TPSA) is 77.2 Å². The van der Waals surface area contributed by atoms with Crippen LogP contribution in [0.15, 0.2) is 42.6 Å². The highest BCUT2D eigenvalue weighted by Crippen LogP contribution is 2.18. The molecule has 0 atom stereocenters. The maximum Gasteiger partial charge on any atom is 0.262 e. The van der Waals surface area contributed by atoms with Gasteiger partial charge in [0, 0.05) is 0 Å². The van der Waals surface area contributed by atoms with E-state index in [0.717, 1.165) is 0 Å². The van der Waals surface area contributed by atoms with Gasteiger partial charge >= 0.3 is 0 Å². The number of benzene rings is 1. The van der Waals surface area contributed by atoms with Gasteiger partial charge in [-0.25, -0.2) is 4.98 Å². The molecule has 0 aliphatic carbocycles. The zero-order chi connectivity index (χ0) is 15.2. The summed E-state index contributed by atoms with van der Waals surface area (Å²) in [4.78, 5) is 15.6. The van der Waals surface area contributed by atoms with Crippen molar-refractivity contribution in [2.45, 2.75) is 19.8 Å².